The lowest BCUT2D eigenvalue weighted by atomic mass is 10.1. The minimum atomic E-state index is -1.33. The van der Waals surface area contributed by atoms with Crippen LogP contribution in [0.5, 0.6) is 0 Å². The molecule has 2 N–H and O–H groups in total. The molecular weight excluding hydrogens is 354 g/mol. The van der Waals surface area contributed by atoms with Gasteiger partial charge in [0.1, 0.15) is 6.04 Å². The average molecular weight is 375 g/mol. The summed E-state index contributed by atoms with van der Waals surface area (Å²) in [6.45, 7) is 0. The summed E-state index contributed by atoms with van der Waals surface area (Å²) >= 11 is 0. The van der Waals surface area contributed by atoms with Crippen LogP contribution >= 0.6 is 0 Å². The normalized spacial score (nSPS) is 14.2. The molecule has 0 fully saturated rings. The van der Waals surface area contributed by atoms with E-state index in [4.69, 9.17) is 4.74 Å². The van der Waals surface area contributed by atoms with E-state index in [9.17, 15) is 18.9 Å². The zero-order chi connectivity index (χ0) is 18.9. The van der Waals surface area contributed by atoms with E-state index in [0.29, 0.717) is 10.5 Å². The number of carboxylic acids is 1. The molecule has 0 aromatic heterocycles. The van der Waals surface area contributed by atoms with Gasteiger partial charge in [0, 0.05) is 17.8 Å². The summed E-state index contributed by atoms with van der Waals surface area (Å²) in [7, 11) is 0.0567. The van der Waals surface area contributed by atoms with E-state index < -0.39 is 34.8 Å². The van der Waals surface area contributed by atoms with E-state index in [2.05, 4.69) is 5.32 Å². The van der Waals surface area contributed by atoms with Crippen LogP contribution in [-0.2, 0) is 25.1 Å². The van der Waals surface area contributed by atoms with Crippen molar-refractivity contribution in [1.29, 1.82) is 0 Å². The third-order valence-electron chi connectivity index (χ3n) is 3.79. The van der Waals surface area contributed by atoms with Crippen molar-refractivity contribution in [1.82, 2.24) is 5.32 Å². The minimum Gasteiger partial charge on any atom is -0.480 e. The molecule has 0 unspecified atom stereocenters. The number of nitrogens with one attached hydrogen (secondary N) is 1. The van der Waals surface area contributed by atoms with Crippen LogP contribution in [-0.4, -0.2) is 40.1 Å². The van der Waals surface area contributed by atoms with E-state index in [1.807, 2.05) is 12.1 Å². The molecule has 3 atom stereocenters. The van der Waals surface area contributed by atoms with Crippen molar-refractivity contribution >= 4 is 22.7 Å². The fraction of sp³-hybridized carbons (Fsp3) is 0.263. The Kier molecular flexibility index (Phi) is 7.50. The summed E-state index contributed by atoms with van der Waals surface area (Å²) in [5.41, 5.74) is 0.629. The molecule has 0 aliphatic rings. The lowest BCUT2D eigenvalue weighted by Gasteiger charge is -2.19. The molecule has 0 aliphatic carbocycles. The summed E-state index contributed by atoms with van der Waals surface area (Å²) in [6.07, 6.45) is -0.856. The fourth-order valence-electron chi connectivity index (χ4n) is 2.44. The van der Waals surface area contributed by atoms with Gasteiger partial charge in [0.2, 0.25) is 0 Å². The maximum atomic E-state index is 12.4. The molecule has 0 heterocycles. The third-order valence-corrected chi connectivity index (χ3v) is 5.19. The van der Waals surface area contributed by atoms with Crippen LogP contribution in [0.4, 0.5) is 0 Å². The van der Waals surface area contributed by atoms with Gasteiger partial charge in [-0.2, -0.15) is 0 Å². The first-order valence-electron chi connectivity index (χ1n) is 8.07. The highest BCUT2D eigenvalue weighted by atomic mass is 32.2. The maximum absolute atomic E-state index is 12.4. The van der Waals surface area contributed by atoms with Crippen LogP contribution in [0.1, 0.15) is 18.1 Å². The maximum Gasteiger partial charge on any atom is 0.326 e. The number of rotatable bonds is 9. The number of aliphatic carboxylic acids is 1. The molecule has 0 saturated heterocycles. The van der Waals surface area contributed by atoms with Crippen molar-refractivity contribution in [2.24, 2.45) is 0 Å². The lowest BCUT2D eigenvalue weighted by molar-refractivity contribution is -0.144. The Morgan fingerprint density at radius 3 is 2.19 bits per heavy atom. The van der Waals surface area contributed by atoms with Crippen molar-refractivity contribution in [2.75, 3.05) is 12.9 Å². The monoisotopic (exact) mass is 375 g/mol. The van der Waals surface area contributed by atoms with E-state index in [1.54, 1.807) is 48.5 Å². The van der Waals surface area contributed by atoms with Gasteiger partial charge in [-0.15, -0.1) is 0 Å². The Labute approximate surface area is 154 Å². The van der Waals surface area contributed by atoms with Crippen LogP contribution in [0.2, 0.25) is 0 Å². The third kappa shape index (κ3) is 5.50. The number of carbonyl (C=O) groups is 2. The van der Waals surface area contributed by atoms with Crippen LogP contribution in [0, 0.1) is 0 Å². The topological polar surface area (TPSA) is 92.7 Å². The van der Waals surface area contributed by atoms with Crippen LogP contribution in [0.3, 0.4) is 0 Å². The molecule has 0 saturated carbocycles. The van der Waals surface area contributed by atoms with Crippen molar-refractivity contribution in [3.05, 3.63) is 66.2 Å². The van der Waals surface area contributed by atoms with E-state index in [-0.39, 0.29) is 12.2 Å². The Balaban J connectivity index is 2.00. The molecule has 6 nitrogen and oxygen atoms in total. The van der Waals surface area contributed by atoms with E-state index in [0.717, 1.165) is 0 Å². The lowest BCUT2D eigenvalue weighted by Crippen LogP contribution is -2.44. The number of carboxylic acid groups (broad SMARTS) is 1. The number of benzene rings is 2. The second-order valence-corrected chi connectivity index (χ2v) is 7.15. The smallest absolute Gasteiger partial charge is 0.326 e. The van der Waals surface area contributed by atoms with Gasteiger partial charge >= 0.3 is 5.97 Å². The summed E-state index contributed by atoms with van der Waals surface area (Å²) in [6, 6.07) is 16.5. The number of methoxy groups -OCH3 is 1. The summed E-state index contributed by atoms with van der Waals surface area (Å²) in [5.74, 6) is -1.59. The second-order valence-electron chi connectivity index (χ2n) is 5.58. The zero-order valence-electron chi connectivity index (χ0n) is 14.3. The zero-order valence-corrected chi connectivity index (χ0v) is 15.1. The number of carbonyl (C=O) groups excluding carboxylic acids is 1. The molecule has 2 aromatic rings. The number of amides is 1. The predicted molar refractivity (Wildman–Crippen MR) is 98.1 cm³/mol. The molecule has 0 aliphatic heterocycles. The van der Waals surface area contributed by atoms with Gasteiger partial charge in [-0.05, 0) is 24.1 Å². The molecule has 7 heteroatoms. The number of ether oxygens (including phenoxy) is 1. The Morgan fingerprint density at radius 1 is 1.08 bits per heavy atom. The Hall–Kier alpha value is -2.51. The van der Waals surface area contributed by atoms with Gasteiger partial charge in [-0.1, -0.05) is 48.5 Å². The molecule has 0 radical (unpaired) electrons. The van der Waals surface area contributed by atoms with Crippen molar-refractivity contribution in [3.63, 3.8) is 0 Å². The van der Waals surface area contributed by atoms with Crippen LogP contribution in [0.25, 0.3) is 0 Å². The molecule has 2 aromatic carbocycles. The summed E-state index contributed by atoms with van der Waals surface area (Å²) < 4.78 is 17.5. The molecule has 1 amide bonds. The van der Waals surface area contributed by atoms with E-state index >= 15 is 0 Å². The van der Waals surface area contributed by atoms with Crippen molar-refractivity contribution in [2.45, 2.75) is 23.5 Å². The van der Waals surface area contributed by atoms with Gasteiger partial charge in [0.15, 0.2) is 6.10 Å². The molecule has 2 rings (SSSR count). The first-order valence-corrected chi connectivity index (χ1v) is 9.39. The van der Waals surface area contributed by atoms with Crippen LogP contribution < -0.4 is 5.32 Å². The minimum absolute atomic E-state index is 0.0494. The first kappa shape index (κ1) is 19.8. The van der Waals surface area contributed by atoms with Crippen molar-refractivity contribution < 1.29 is 23.6 Å². The quantitative estimate of drug-likeness (QED) is 0.700. The highest BCUT2D eigenvalue weighted by Crippen LogP contribution is 2.17. The highest BCUT2D eigenvalue weighted by Gasteiger charge is 2.26. The average Bonchev–Trinajstić information content (AvgIpc) is 2.66. The molecule has 0 spiro atoms. The van der Waals surface area contributed by atoms with Gasteiger partial charge in [-0.25, -0.2) is 4.79 Å². The standard InChI is InChI=1S/C19H21NO5S/c1-25-17(14-8-4-2-5-9-14)18(21)20-16(19(22)23)12-13-26(24)15-10-6-3-7-11-15/h2-11,16-17H,12-13H2,1H3,(H,20,21)(H,22,23)/t16-,17+,26+/m1/s1. The fourth-order valence-corrected chi connectivity index (χ4v) is 3.59. The predicted octanol–water partition coefficient (Wildman–Crippen LogP) is 2.14. The summed E-state index contributed by atoms with van der Waals surface area (Å²) in [5, 5.41) is 11.9. The van der Waals surface area contributed by atoms with Crippen LogP contribution in [0.15, 0.2) is 65.6 Å². The molecule has 138 valence electrons. The van der Waals surface area contributed by atoms with Gasteiger partial charge in [0.05, 0.1) is 10.8 Å². The van der Waals surface area contributed by atoms with Gasteiger partial charge < -0.3 is 15.2 Å². The first-order chi connectivity index (χ1) is 12.5. The number of hydrogen-bond donors (Lipinski definition) is 2. The largest absolute Gasteiger partial charge is 0.480 e. The van der Waals surface area contributed by atoms with Gasteiger partial charge in [0.25, 0.3) is 5.91 Å². The summed E-state index contributed by atoms with van der Waals surface area (Å²) in [4.78, 5) is 24.5. The van der Waals surface area contributed by atoms with Gasteiger partial charge in [-0.3, -0.25) is 9.00 Å². The Morgan fingerprint density at radius 2 is 1.65 bits per heavy atom. The second kappa shape index (κ2) is 9.84. The highest BCUT2D eigenvalue weighted by molar-refractivity contribution is 7.85. The Bertz CT molecular complexity index is 751. The molecule has 26 heavy (non-hydrogen) atoms. The molecule has 0 bridgehead atoms. The van der Waals surface area contributed by atoms with Crippen molar-refractivity contribution in [3.8, 4) is 0 Å². The molecular formula is C19H21NO5S. The SMILES string of the molecule is CO[C@H](C(=O)N[C@H](CC[S@](=O)c1ccccc1)C(=O)O)c1ccccc1. The van der Waals surface area contributed by atoms with E-state index in [1.165, 1.54) is 7.11 Å². The number of hydrogen-bond acceptors (Lipinski definition) is 4.